The molecule has 1 heterocycles. The second-order valence-corrected chi connectivity index (χ2v) is 8.61. The maximum Gasteiger partial charge on any atom is 0.151 e. The SMILES string of the molecule is CN(CC1CCCCC1)C(=S)CCCc1nnnn1C1CCC(O)CC1. The Kier molecular flexibility index (Phi) is 7.37. The highest BCUT2D eigenvalue weighted by Gasteiger charge is 2.24. The van der Waals surface area contributed by atoms with Gasteiger partial charge in [-0.1, -0.05) is 31.5 Å². The Hall–Kier alpha value is -1.08. The van der Waals surface area contributed by atoms with Crippen LogP contribution >= 0.6 is 12.2 Å². The van der Waals surface area contributed by atoms with Crippen molar-refractivity contribution in [1.29, 1.82) is 0 Å². The molecular formula is C19H33N5OS. The highest BCUT2D eigenvalue weighted by atomic mass is 32.1. The van der Waals surface area contributed by atoms with E-state index in [0.717, 1.165) is 68.2 Å². The van der Waals surface area contributed by atoms with Gasteiger partial charge in [0.1, 0.15) is 0 Å². The fourth-order valence-electron chi connectivity index (χ4n) is 4.41. The van der Waals surface area contributed by atoms with Crippen LogP contribution in [0.1, 0.15) is 82.5 Å². The first-order valence-electron chi connectivity index (χ1n) is 10.3. The molecule has 3 rings (SSSR count). The Labute approximate surface area is 162 Å². The Bertz CT molecular complexity index is 564. The predicted octanol–water partition coefficient (Wildman–Crippen LogP) is 3.31. The van der Waals surface area contributed by atoms with Gasteiger partial charge in [0.25, 0.3) is 0 Å². The average molecular weight is 380 g/mol. The number of tetrazole rings is 1. The molecule has 0 atom stereocenters. The molecule has 1 aromatic heterocycles. The van der Waals surface area contributed by atoms with E-state index >= 15 is 0 Å². The zero-order chi connectivity index (χ0) is 18.4. The van der Waals surface area contributed by atoms with E-state index in [9.17, 15) is 5.11 Å². The summed E-state index contributed by atoms with van der Waals surface area (Å²) in [6.07, 6.45) is 13.1. The number of thiocarbonyl (C=S) groups is 1. The van der Waals surface area contributed by atoms with Gasteiger partial charge in [0, 0.05) is 20.0 Å². The molecule has 0 aromatic carbocycles. The van der Waals surface area contributed by atoms with Gasteiger partial charge < -0.3 is 10.0 Å². The second-order valence-electron chi connectivity index (χ2n) is 8.13. The van der Waals surface area contributed by atoms with Crippen LogP contribution in [-0.2, 0) is 6.42 Å². The van der Waals surface area contributed by atoms with E-state index in [2.05, 4.69) is 27.5 Å². The minimum Gasteiger partial charge on any atom is -0.393 e. The molecule has 0 saturated heterocycles. The van der Waals surface area contributed by atoms with E-state index in [1.165, 1.54) is 32.1 Å². The molecule has 2 saturated carbocycles. The number of aliphatic hydroxyl groups is 1. The molecule has 6 nitrogen and oxygen atoms in total. The van der Waals surface area contributed by atoms with Crippen molar-refractivity contribution in [2.75, 3.05) is 13.6 Å². The third-order valence-corrected chi connectivity index (χ3v) is 6.56. The van der Waals surface area contributed by atoms with Crippen molar-refractivity contribution in [3.05, 3.63) is 5.82 Å². The summed E-state index contributed by atoms with van der Waals surface area (Å²) in [4.78, 5) is 3.35. The lowest BCUT2D eigenvalue weighted by Gasteiger charge is -2.28. The maximum absolute atomic E-state index is 9.69. The van der Waals surface area contributed by atoms with Crippen LogP contribution in [0.3, 0.4) is 0 Å². The molecule has 1 N–H and O–H groups in total. The van der Waals surface area contributed by atoms with Crippen LogP contribution < -0.4 is 0 Å². The number of aliphatic hydroxyl groups excluding tert-OH is 1. The summed E-state index contributed by atoms with van der Waals surface area (Å²) in [6, 6.07) is 0.337. The lowest BCUT2D eigenvalue weighted by Crippen LogP contribution is -2.31. The van der Waals surface area contributed by atoms with E-state index in [-0.39, 0.29) is 6.10 Å². The van der Waals surface area contributed by atoms with E-state index in [0.29, 0.717) is 6.04 Å². The fraction of sp³-hybridized carbons (Fsp3) is 0.895. The molecule has 2 fully saturated rings. The van der Waals surface area contributed by atoms with Gasteiger partial charge in [0.05, 0.1) is 17.1 Å². The zero-order valence-corrected chi connectivity index (χ0v) is 16.8. The van der Waals surface area contributed by atoms with Crippen molar-refractivity contribution in [1.82, 2.24) is 25.1 Å². The number of aromatic nitrogens is 4. The second kappa shape index (κ2) is 9.74. The van der Waals surface area contributed by atoms with Crippen molar-refractivity contribution in [3.63, 3.8) is 0 Å². The van der Waals surface area contributed by atoms with Gasteiger partial charge in [-0.25, -0.2) is 4.68 Å². The van der Waals surface area contributed by atoms with E-state index in [1.807, 2.05) is 4.68 Å². The highest BCUT2D eigenvalue weighted by molar-refractivity contribution is 7.80. The fourth-order valence-corrected chi connectivity index (χ4v) is 4.63. The predicted molar refractivity (Wildman–Crippen MR) is 106 cm³/mol. The van der Waals surface area contributed by atoms with Crippen LogP contribution in [0.2, 0.25) is 0 Å². The Balaban J connectivity index is 1.41. The normalized spacial score (nSPS) is 24.5. The van der Waals surface area contributed by atoms with Gasteiger partial charge in [0.2, 0.25) is 0 Å². The van der Waals surface area contributed by atoms with Gasteiger partial charge in [-0.3, -0.25) is 0 Å². The van der Waals surface area contributed by atoms with Gasteiger partial charge in [-0.05, 0) is 67.7 Å². The van der Waals surface area contributed by atoms with Gasteiger partial charge in [-0.15, -0.1) is 5.10 Å². The Morgan fingerprint density at radius 1 is 1.15 bits per heavy atom. The molecule has 0 bridgehead atoms. The standard InChI is InChI=1S/C19H33N5OS/c1-23(14-15-6-3-2-4-7-15)19(26)9-5-8-18-20-21-22-24(18)16-10-12-17(25)13-11-16/h15-17,25H,2-14H2,1H3. The average Bonchev–Trinajstić information content (AvgIpc) is 3.11. The van der Waals surface area contributed by atoms with E-state index in [1.54, 1.807) is 0 Å². The minimum absolute atomic E-state index is 0.150. The lowest BCUT2D eigenvalue weighted by atomic mass is 9.89. The maximum atomic E-state index is 9.69. The van der Waals surface area contributed by atoms with Crippen LogP contribution in [0, 0.1) is 5.92 Å². The molecule has 0 aliphatic heterocycles. The smallest absolute Gasteiger partial charge is 0.151 e. The van der Waals surface area contributed by atoms with Gasteiger partial charge in [0.15, 0.2) is 5.82 Å². The monoisotopic (exact) mass is 379 g/mol. The van der Waals surface area contributed by atoms with Crippen LogP contribution in [0.5, 0.6) is 0 Å². The number of nitrogens with zero attached hydrogens (tertiary/aromatic N) is 5. The molecule has 2 aliphatic rings. The third kappa shape index (κ3) is 5.46. The largest absolute Gasteiger partial charge is 0.393 e. The van der Waals surface area contributed by atoms with Crippen LogP contribution in [0.4, 0.5) is 0 Å². The Morgan fingerprint density at radius 2 is 1.88 bits per heavy atom. The molecule has 7 heteroatoms. The topological polar surface area (TPSA) is 67.1 Å². The van der Waals surface area contributed by atoms with Crippen molar-refractivity contribution in [2.45, 2.75) is 89.2 Å². The molecule has 146 valence electrons. The molecule has 2 aliphatic carbocycles. The number of hydrogen-bond donors (Lipinski definition) is 1. The first-order valence-corrected chi connectivity index (χ1v) is 10.7. The molecule has 0 spiro atoms. The third-order valence-electron chi connectivity index (χ3n) is 6.05. The number of rotatable bonds is 7. The summed E-state index contributed by atoms with van der Waals surface area (Å²) < 4.78 is 1.99. The molecule has 26 heavy (non-hydrogen) atoms. The number of hydrogen-bond acceptors (Lipinski definition) is 5. The minimum atomic E-state index is -0.150. The van der Waals surface area contributed by atoms with Crippen LogP contribution in [-0.4, -0.2) is 54.9 Å². The quantitative estimate of drug-likeness (QED) is 0.733. The van der Waals surface area contributed by atoms with Gasteiger partial charge >= 0.3 is 0 Å². The van der Waals surface area contributed by atoms with Crippen LogP contribution in [0.25, 0.3) is 0 Å². The van der Waals surface area contributed by atoms with Crippen molar-refractivity contribution in [3.8, 4) is 0 Å². The summed E-state index contributed by atoms with van der Waals surface area (Å²) >= 11 is 5.65. The molecule has 0 unspecified atom stereocenters. The summed E-state index contributed by atoms with van der Waals surface area (Å²) in [5, 5.41) is 22.0. The Morgan fingerprint density at radius 3 is 2.62 bits per heavy atom. The van der Waals surface area contributed by atoms with Crippen molar-refractivity contribution < 1.29 is 5.11 Å². The summed E-state index contributed by atoms with van der Waals surface area (Å²) in [5.41, 5.74) is 0. The van der Waals surface area contributed by atoms with Crippen molar-refractivity contribution >= 4 is 17.2 Å². The summed E-state index contributed by atoms with van der Waals surface area (Å²) in [7, 11) is 2.15. The van der Waals surface area contributed by atoms with E-state index < -0.39 is 0 Å². The molecular weight excluding hydrogens is 346 g/mol. The number of aryl methyl sites for hydroxylation is 1. The van der Waals surface area contributed by atoms with Crippen molar-refractivity contribution in [2.24, 2.45) is 5.92 Å². The van der Waals surface area contributed by atoms with Crippen LogP contribution in [0.15, 0.2) is 0 Å². The molecule has 1 aromatic rings. The lowest BCUT2D eigenvalue weighted by molar-refractivity contribution is 0.106. The first-order chi connectivity index (χ1) is 12.6. The molecule has 0 radical (unpaired) electrons. The zero-order valence-electron chi connectivity index (χ0n) is 16.0. The highest BCUT2D eigenvalue weighted by Crippen LogP contribution is 2.28. The van der Waals surface area contributed by atoms with E-state index in [4.69, 9.17) is 12.2 Å². The van der Waals surface area contributed by atoms with Gasteiger partial charge in [-0.2, -0.15) is 0 Å². The summed E-state index contributed by atoms with van der Waals surface area (Å²) in [5.74, 6) is 1.78. The first kappa shape index (κ1) is 19.7. The molecule has 0 amide bonds. The summed E-state index contributed by atoms with van der Waals surface area (Å²) in [6.45, 7) is 1.11.